The molecule has 0 spiro atoms. The molecule has 108 valence electrons. The predicted octanol–water partition coefficient (Wildman–Crippen LogP) is 3.26. The highest BCUT2D eigenvalue weighted by atomic mass is 14.9. The van der Waals surface area contributed by atoms with Gasteiger partial charge in [0.1, 0.15) is 12.2 Å². The Morgan fingerprint density at radius 2 is 1.95 bits per heavy atom. The molecule has 0 aromatic carbocycles. The van der Waals surface area contributed by atoms with E-state index in [9.17, 15) is 0 Å². The fraction of sp³-hybridized carbons (Fsp3) is 0.294. The van der Waals surface area contributed by atoms with E-state index in [-0.39, 0.29) is 0 Å². The van der Waals surface area contributed by atoms with E-state index in [1.165, 1.54) is 6.21 Å². The summed E-state index contributed by atoms with van der Waals surface area (Å²) in [5.74, 6) is 0. The lowest BCUT2D eigenvalue weighted by molar-refractivity contribution is -0.696. The van der Waals surface area contributed by atoms with Crippen LogP contribution in [-0.4, -0.2) is 16.2 Å². The molecule has 0 bridgehead atoms. The minimum Gasteiger partial charge on any atom is -0.306 e. The Balaban J connectivity index is 2.31. The zero-order valence-electron chi connectivity index (χ0n) is 12.6. The van der Waals surface area contributed by atoms with Crippen molar-refractivity contribution in [2.75, 3.05) is 0 Å². The van der Waals surface area contributed by atoms with E-state index in [2.05, 4.69) is 40.8 Å². The third-order valence-corrected chi connectivity index (χ3v) is 3.15. The number of nitrogens with one attached hydrogen (secondary N) is 1. The Kier molecular flexibility index (Phi) is 5.32. The normalized spacial score (nSPS) is 11.0. The first kappa shape index (κ1) is 15.0. The number of nitrogens with zero attached hydrogens (tertiary/aromatic N) is 3. The quantitative estimate of drug-likeness (QED) is 0.652. The van der Waals surface area contributed by atoms with Crippen LogP contribution in [0, 0.1) is 5.41 Å². The molecule has 2 heterocycles. The molecule has 4 nitrogen and oxygen atoms in total. The highest BCUT2D eigenvalue weighted by Gasteiger charge is 2.07. The van der Waals surface area contributed by atoms with Crippen molar-refractivity contribution in [1.82, 2.24) is 9.97 Å². The fourth-order valence-corrected chi connectivity index (χ4v) is 2.05. The summed E-state index contributed by atoms with van der Waals surface area (Å²) in [6.45, 7) is 5.24. The Labute approximate surface area is 125 Å². The number of hydrogen-bond donors (Lipinski definition) is 1. The SMILES string of the molecule is CC/C=C\c1ncc(-c2cc[n+](CCC)cc2)nc1C=N. The molecule has 2 rings (SSSR count). The number of aromatic nitrogens is 3. The average molecular weight is 281 g/mol. The summed E-state index contributed by atoms with van der Waals surface area (Å²) in [5.41, 5.74) is 3.16. The van der Waals surface area contributed by atoms with Crippen LogP contribution in [0.3, 0.4) is 0 Å². The lowest BCUT2D eigenvalue weighted by Crippen LogP contribution is -2.31. The standard InChI is InChI=1S/C17H21N4/c1-3-5-6-15-16(12-18)20-17(13-19-15)14-7-10-21(9-4-2)11-8-14/h5-8,10-13,18H,3-4,9H2,1-2H3/q+1/b6-5-,18-12?. The molecule has 2 aromatic heterocycles. The van der Waals surface area contributed by atoms with E-state index < -0.39 is 0 Å². The van der Waals surface area contributed by atoms with Gasteiger partial charge in [0.2, 0.25) is 0 Å². The van der Waals surface area contributed by atoms with Gasteiger partial charge >= 0.3 is 0 Å². The molecule has 0 amide bonds. The zero-order valence-corrected chi connectivity index (χ0v) is 12.6. The third-order valence-electron chi connectivity index (χ3n) is 3.15. The highest BCUT2D eigenvalue weighted by molar-refractivity contribution is 5.80. The van der Waals surface area contributed by atoms with E-state index in [4.69, 9.17) is 5.41 Å². The maximum atomic E-state index is 7.50. The number of allylic oxidation sites excluding steroid dienone is 1. The van der Waals surface area contributed by atoms with Gasteiger partial charge in [-0.05, 0) is 12.5 Å². The van der Waals surface area contributed by atoms with Crippen LogP contribution in [0.1, 0.15) is 38.1 Å². The fourth-order valence-electron chi connectivity index (χ4n) is 2.05. The van der Waals surface area contributed by atoms with Crippen molar-refractivity contribution in [3.63, 3.8) is 0 Å². The Bertz CT molecular complexity index is 630. The Hall–Kier alpha value is -2.36. The molecule has 0 aliphatic heterocycles. The first-order valence-corrected chi connectivity index (χ1v) is 7.32. The van der Waals surface area contributed by atoms with Gasteiger partial charge in [-0.2, -0.15) is 0 Å². The summed E-state index contributed by atoms with van der Waals surface area (Å²) < 4.78 is 2.15. The van der Waals surface area contributed by atoms with E-state index in [1.807, 2.05) is 24.3 Å². The number of pyridine rings is 1. The van der Waals surface area contributed by atoms with Crippen molar-refractivity contribution in [2.45, 2.75) is 33.2 Å². The van der Waals surface area contributed by atoms with Crippen LogP contribution in [-0.2, 0) is 6.54 Å². The maximum Gasteiger partial charge on any atom is 0.169 e. The molecule has 1 N–H and O–H groups in total. The van der Waals surface area contributed by atoms with Crippen LogP contribution >= 0.6 is 0 Å². The van der Waals surface area contributed by atoms with Crippen molar-refractivity contribution >= 4 is 12.3 Å². The maximum absolute atomic E-state index is 7.50. The predicted molar refractivity (Wildman–Crippen MR) is 85.2 cm³/mol. The molecule has 4 heteroatoms. The lowest BCUT2D eigenvalue weighted by Gasteiger charge is -2.04. The van der Waals surface area contributed by atoms with E-state index in [0.717, 1.165) is 36.3 Å². The summed E-state index contributed by atoms with van der Waals surface area (Å²) in [5, 5.41) is 7.50. The zero-order chi connectivity index (χ0) is 15.1. The van der Waals surface area contributed by atoms with Crippen molar-refractivity contribution in [3.05, 3.63) is 48.2 Å². The molecule has 2 aromatic rings. The Morgan fingerprint density at radius 1 is 1.19 bits per heavy atom. The van der Waals surface area contributed by atoms with Gasteiger partial charge in [0.25, 0.3) is 0 Å². The highest BCUT2D eigenvalue weighted by Crippen LogP contribution is 2.16. The topological polar surface area (TPSA) is 53.5 Å². The van der Waals surface area contributed by atoms with Crippen molar-refractivity contribution in [3.8, 4) is 11.3 Å². The van der Waals surface area contributed by atoms with Crippen LogP contribution in [0.4, 0.5) is 0 Å². The van der Waals surface area contributed by atoms with Crippen LogP contribution in [0.15, 0.2) is 36.8 Å². The first-order valence-electron chi connectivity index (χ1n) is 7.32. The second-order valence-electron chi connectivity index (χ2n) is 4.81. The monoisotopic (exact) mass is 281 g/mol. The van der Waals surface area contributed by atoms with Crippen LogP contribution in [0.2, 0.25) is 0 Å². The Morgan fingerprint density at radius 3 is 2.57 bits per heavy atom. The minimum absolute atomic E-state index is 0.600. The molecule has 0 unspecified atom stereocenters. The third kappa shape index (κ3) is 3.81. The van der Waals surface area contributed by atoms with E-state index in [1.54, 1.807) is 6.20 Å². The second-order valence-corrected chi connectivity index (χ2v) is 4.81. The number of rotatable bonds is 6. The van der Waals surface area contributed by atoms with E-state index >= 15 is 0 Å². The van der Waals surface area contributed by atoms with Gasteiger partial charge in [-0.25, -0.2) is 9.55 Å². The van der Waals surface area contributed by atoms with Gasteiger partial charge in [-0.3, -0.25) is 4.98 Å². The molecular formula is C17H21N4+. The van der Waals surface area contributed by atoms with Gasteiger partial charge in [0.15, 0.2) is 12.4 Å². The average Bonchev–Trinajstić information content (AvgIpc) is 2.54. The van der Waals surface area contributed by atoms with Gasteiger partial charge in [0, 0.05) is 30.3 Å². The van der Waals surface area contributed by atoms with Crippen molar-refractivity contribution in [1.29, 1.82) is 5.41 Å². The molecule has 0 saturated heterocycles. The molecule has 0 radical (unpaired) electrons. The first-order chi connectivity index (χ1) is 10.3. The van der Waals surface area contributed by atoms with Gasteiger partial charge in [-0.1, -0.05) is 19.9 Å². The molecule has 0 aliphatic carbocycles. The van der Waals surface area contributed by atoms with Crippen LogP contribution in [0.25, 0.3) is 17.3 Å². The minimum atomic E-state index is 0.600. The molecule has 0 fully saturated rings. The van der Waals surface area contributed by atoms with Gasteiger partial charge in [0.05, 0.1) is 17.6 Å². The largest absolute Gasteiger partial charge is 0.306 e. The van der Waals surface area contributed by atoms with Gasteiger partial charge in [-0.15, -0.1) is 0 Å². The summed E-state index contributed by atoms with van der Waals surface area (Å²) in [6.07, 6.45) is 13.1. The van der Waals surface area contributed by atoms with Crippen LogP contribution in [0.5, 0.6) is 0 Å². The molecule has 0 saturated carbocycles. The summed E-state index contributed by atoms with van der Waals surface area (Å²) in [7, 11) is 0. The van der Waals surface area contributed by atoms with E-state index in [0.29, 0.717) is 5.69 Å². The molecule has 0 aliphatic rings. The van der Waals surface area contributed by atoms with Gasteiger partial charge < -0.3 is 5.41 Å². The smallest absolute Gasteiger partial charge is 0.169 e. The van der Waals surface area contributed by atoms with Crippen molar-refractivity contribution < 1.29 is 4.57 Å². The summed E-state index contributed by atoms with van der Waals surface area (Å²) >= 11 is 0. The summed E-state index contributed by atoms with van der Waals surface area (Å²) in [4.78, 5) is 8.94. The van der Waals surface area contributed by atoms with Crippen molar-refractivity contribution in [2.24, 2.45) is 0 Å². The molecular weight excluding hydrogens is 260 g/mol. The molecule has 0 atom stereocenters. The number of aryl methyl sites for hydroxylation is 1. The summed E-state index contributed by atoms with van der Waals surface area (Å²) in [6, 6.07) is 4.07. The lowest BCUT2D eigenvalue weighted by atomic mass is 10.2. The molecule has 21 heavy (non-hydrogen) atoms. The van der Waals surface area contributed by atoms with Crippen LogP contribution < -0.4 is 4.57 Å². The second kappa shape index (κ2) is 7.43. The number of hydrogen-bond acceptors (Lipinski definition) is 3.